The fraction of sp³-hybridized carbons (Fsp3) is 0.444. The van der Waals surface area contributed by atoms with Gasteiger partial charge in [-0.3, -0.25) is 4.79 Å². The van der Waals surface area contributed by atoms with Gasteiger partial charge in [-0.15, -0.1) is 11.3 Å². The first-order valence-electron chi connectivity index (χ1n) is 4.59. The fourth-order valence-corrected chi connectivity index (χ4v) is 3.55. The molecule has 2 heterocycles. The number of carbonyl (C=O) groups excluding carboxylic acids is 1. The average Bonchev–Trinajstić information content (AvgIpc) is 2.72. The molecule has 1 saturated heterocycles. The van der Waals surface area contributed by atoms with Gasteiger partial charge in [0, 0.05) is 17.6 Å². The molecule has 88 valence electrons. The lowest BCUT2D eigenvalue weighted by Crippen LogP contribution is -2.29. The Morgan fingerprint density at radius 3 is 2.38 bits per heavy atom. The molecule has 1 amide bonds. The Morgan fingerprint density at radius 1 is 1.38 bits per heavy atom. The van der Waals surface area contributed by atoms with Crippen molar-refractivity contribution in [1.82, 2.24) is 4.90 Å². The van der Waals surface area contributed by atoms with Gasteiger partial charge >= 0.3 is 0 Å². The van der Waals surface area contributed by atoms with E-state index in [0.29, 0.717) is 4.88 Å². The predicted octanol–water partition coefficient (Wildman–Crippen LogP) is 1.45. The van der Waals surface area contributed by atoms with Crippen molar-refractivity contribution in [1.29, 1.82) is 0 Å². The second kappa shape index (κ2) is 4.73. The Balaban J connectivity index is 2.14. The van der Waals surface area contributed by atoms with E-state index in [9.17, 15) is 15.0 Å². The second-order valence-electron chi connectivity index (χ2n) is 3.58. The molecule has 0 aliphatic carbocycles. The predicted molar refractivity (Wildman–Crippen MR) is 67.6 cm³/mol. The molecule has 0 unspecified atom stereocenters. The third-order valence-electron chi connectivity index (χ3n) is 2.40. The van der Waals surface area contributed by atoms with Gasteiger partial charge in [-0.05, 0) is 37.9 Å². The summed E-state index contributed by atoms with van der Waals surface area (Å²) in [6.07, 6.45) is -1.67. The van der Waals surface area contributed by atoms with E-state index >= 15 is 0 Å². The summed E-state index contributed by atoms with van der Waals surface area (Å²) in [5.41, 5.74) is 0. The molecule has 1 aromatic heterocycles. The first kappa shape index (κ1) is 12.5. The summed E-state index contributed by atoms with van der Waals surface area (Å²) in [6, 6.07) is 1.73. The number of halogens is 2. The topological polar surface area (TPSA) is 60.8 Å². The maximum atomic E-state index is 12.0. The molecule has 1 fully saturated rings. The molecule has 2 atom stereocenters. The zero-order valence-corrected chi connectivity index (χ0v) is 12.0. The fourth-order valence-electron chi connectivity index (χ4n) is 1.54. The Morgan fingerprint density at radius 2 is 1.94 bits per heavy atom. The van der Waals surface area contributed by atoms with Crippen molar-refractivity contribution < 1.29 is 15.0 Å². The van der Waals surface area contributed by atoms with Crippen molar-refractivity contribution in [3.63, 3.8) is 0 Å². The monoisotopic (exact) mass is 369 g/mol. The molecular formula is C9H9Br2NO3S. The molecule has 16 heavy (non-hydrogen) atoms. The van der Waals surface area contributed by atoms with Gasteiger partial charge in [-0.25, -0.2) is 0 Å². The van der Waals surface area contributed by atoms with Crippen LogP contribution in [-0.2, 0) is 0 Å². The van der Waals surface area contributed by atoms with Crippen LogP contribution in [0.5, 0.6) is 0 Å². The van der Waals surface area contributed by atoms with E-state index in [4.69, 9.17) is 0 Å². The average molecular weight is 371 g/mol. The molecule has 1 aromatic rings. The van der Waals surface area contributed by atoms with E-state index < -0.39 is 12.2 Å². The Bertz CT molecular complexity index is 393. The van der Waals surface area contributed by atoms with E-state index in [1.807, 2.05) is 0 Å². The number of nitrogens with zero attached hydrogens (tertiary/aromatic N) is 1. The van der Waals surface area contributed by atoms with E-state index in [0.717, 1.165) is 8.26 Å². The Labute approximate surface area is 113 Å². The number of likely N-dealkylation sites (tertiary alicyclic amines) is 1. The van der Waals surface area contributed by atoms with Crippen molar-refractivity contribution in [2.24, 2.45) is 0 Å². The van der Waals surface area contributed by atoms with Crippen LogP contribution >= 0.6 is 43.2 Å². The number of aliphatic hydroxyl groups is 2. The zero-order chi connectivity index (χ0) is 11.9. The third kappa shape index (κ3) is 2.33. The van der Waals surface area contributed by atoms with Crippen molar-refractivity contribution in [2.45, 2.75) is 12.2 Å². The molecule has 0 aromatic carbocycles. The minimum atomic E-state index is -0.837. The molecule has 2 rings (SSSR count). The highest BCUT2D eigenvalue weighted by molar-refractivity contribution is 9.13. The molecule has 0 bridgehead atoms. The van der Waals surface area contributed by atoms with Crippen LogP contribution in [0.4, 0.5) is 0 Å². The SMILES string of the molecule is O=C(c1cc(Br)c(Br)s1)N1C[C@@H](O)[C@@H](O)C1. The summed E-state index contributed by atoms with van der Waals surface area (Å²) < 4.78 is 1.69. The minimum Gasteiger partial charge on any atom is -0.388 e. The van der Waals surface area contributed by atoms with Crippen LogP contribution in [0.25, 0.3) is 0 Å². The molecule has 7 heteroatoms. The molecule has 1 aliphatic rings. The van der Waals surface area contributed by atoms with Crippen molar-refractivity contribution in [3.05, 3.63) is 19.2 Å². The molecular weight excluding hydrogens is 362 g/mol. The highest BCUT2D eigenvalue weighted by Crippen LogP contribution is 2.33. The summed E-state index contributed by atoms with van der Waals surface area (Å²) in [5.74, 6) is -0.160. The highest BCUT2D eigenvalue weighted by Gasteiger charge is 2.33. The van der Waals surface area contributed by atoms with E-state index in [2.05, 4.69) is 31.9 Å². The number of carbonyl (C=O) groups is 1. The van der Waals surface area contributed by atoms with Gasteiger partial charge in [-0.2, -0.15) is 0 Å². The van der Waals surface area contributed by atoms with Crippen LogP contribution in [0.15, 0.2) is 14.3 Å². The summed E-state index contributed by atoms with van der Waals surface area (Å²) in [5, 5.41) is 18.7. The van der Waals surface area contributed by atoms with Gasteiger partial charge < -0.3 is 15.1 Å². The quantitative estimate of drug-likeness (QED) is 0.786. The van der Waals surface area contributed by atoms with Gasteiger partial charge in [0.2, 0.25) is 0 Å². The Kier molecular flexibility index (Phi) is 3.70. The molecule has 1 aliphatic heterocycles. The van der Waals surface area contributed by atoms with Crippen LogP contribution < -0.4 is 0 Å². The first-order valence-corrected chi connectivity index (χ1v) is 6.99. The summed E-state index contributed by atoms with van der Waals surface area (Å²) in [6.45, 7) is 0.375. The van der Waals surface area contributed by atoms with E-state index in [-0.39, 0.29) is 19.0 Å². The summed E-state index contributed by atoms with van der Waals surface area (Å²) in [7, 11) is 0. The van der Waals surface area contributed by atoms with Crippen LogP contribution in [0, 0.1) is 0 Å². The number of amides is 1. The van der Waals surface area contributed by atoms with Crippen molar-refractivity contribution in [2.75, 3.05) is 13.1 Å². The molecule has 0 spiro atoms. The normalized spacial score (nSPS) is 25.1. The van der Waals surface area contributed by atoms with Gasteiger partial charge in [0.15, 0.2) is 0 Å². The maximum absolute atomic E-state index is 12.0. The van der Waals surface area contributed by atoms with Crippen molar-refractivity contribution >= 4 is 49.1 Å². The van der Waals surface area contributed by atoms with Crippen LogP contribution in [0.3, 0.4) is 0 Å². The lowest BCUT2D eigenvalue weighted by Gasteiger charge is -2.13. The molecule has 0 saturated carbocycles. The van der Waals surface area contributed by atoms with Crippen LogP contribution in [-0.4, -0.2) is 46.3 Å². The Hall–Kier alpha value is 0.0500. The number of aliphatic hydroxyl groups excluding tert-OH is 2. The van der Waals surface area contributed by atoms with Gasteiger partial charge in [0.1, 0.15) is 0 Å². The largest absolute Gasteiger partial charge is 0.388 e. The summed E-state index contributed by atoms with van der Waals surface area (Å²) in [4.78, 5) is 14.0. The smallest absolute Gasteiger partial charge is 0.264 e. The number of hydrogen-bond donors (Lipinski definition) is 2. The zero-order valence-electron chi connectivity index (χ0n) is 8.06. The minimum absolute atomic E-state index is 0.160. The van der Waals surface area contributed by atoms with E-state index in [1.54, 1.807) is 6.07 Å². The first-order chi connectivity index (χ1) is 7.49. The third-order valence-corrected chi connectivity index (χ3v) is 5.65. The standard InChI is InChI=1S/C9H9Br2NO3S/c10-4-1-7(16-8(4)11)9(15)12-2-5(13)6(14)3-12/h1,5-6,13-14H,2-3H2/t5-,6+. The summed E-state index contributed by atoms with van der Waals surface area (Å²) >= 11 is 7.96. The van der Waals surface area contributed by atoms with Crippen LogP contribution in [0.1, 0.15) is 9.67 Å². The van der Waals surface area contributed by atoms with Gasteiger partial charge in [0.05, 0.1) is 20.9 Å². The molecule has 0 radical (unpaired) electrons. The van der Waals surface area contributed by atoms with Gasteiger partial charge in [0.25, 0.3) is 5.91 Å². The number of rotatable bonds is 1. The molecule has 4 nitrogen and oxygen atoms in total. The number of β-amino-alcohol motifs (C(OH)–C–C–N with tert-alkyl or cyclic N) is 2. The number of thiophene rings is 1. The van der Waals surface area contributed by atoms with Crippen LogP contribution in [0.2, 0.25) is 0 Å². The lowest BCUT2D eigenvalue weighted by atomic mass is 10.3. The second-order valence-corrected chi connectivity index (χ2v) is 6.80. The van der Waals surface area contributed by atoms with E-state index in [1.165, 1.54) is 16.2 Å². The lowest BCUT2D eigenvalue weighted by molar-refractivity contribution is 0.0572. The van der Waals surface area contributed by atoms with Crippen molar-refractivity contribution in [3.8, 4) is 0 Å². The number of hydrogen-bond acceptors (Lipinski definition) is 4. The highest BCUT2D eigenvalue weighted by atomic mass is 79.9. The van der Waals surface area contributed by atoms with Gasteiger partial charge in [-0.1, -0.05) is 0 Å². The maximum Gasteiger partial charge on any atom is 0.264 e. The molecule has 2 N–H and O–H groups in total.